The molecule has 21 heavy (non-hydrogen) atoms. The smallest absolute Gasteiger partial charge is 0.208 e. The standard InChI is InChI=1S/C16H26N2O3/c1-4-12(19)9-17-14-7-6-11(3)8-15(14)18(16(17)21)10-13(20)5-2/h6-8,12-13,16,19-21H,4-5,9-10H2,1-3H3. The van der Waals surface area contributed by atoms with E-state index in [1.165, 1.54) is 0 Å². The Labute approximate surface area is 126 Å². The van der Waals surface area contributed by atoms with Crippen LogP contribution in [0.2, 0.25) is 0 Å². The van der Waals surface area contributed by atoms with Gasteiger partial charge in [-0.15, -0.1) is 0 Å². The summed E-state index contributed by atoms with van der Waals surface area (Å²) >= 11 is 0. The van der Waals surface area contributed by atoms with E-state index < -0.39 is 18.6 Å². The predicted molar refractivity (Wildman–Crippen MR) is 84.5 cm³/mol. The van der Waals surface area contributed by atoms with E-state index in [1.54, 1.807) is 9.80 Å². The van der Waals surface area contributed by atoms with E-state index in [1.807, 2.05) is 39.0 Å². The van der Waals surface area contributed by atoms with Crippen molar-refractivity contribution in [3.05, 3.63) is 23.8 Å². The van der Waals surface area contributed by atoms with Gasteiger partial charge >= 0.3 is 0 Å². The monoisotopic (exact) mass is 294 g/mol. The van der Waals surface area contributed by atoms with Crippen LogP contribution >= 0.6 is 0 Å². The molecule has 1 aliphatic heterocycles. The first-order valence-corrected chi connectivity index (χ1v) is 7.66. The average molecular weight is 294 g/mol. The molecule has 3 atom stereocenters. The Balaban J connectivity index is 2.30. The van der Waals surface area contributed by atoms with Crippen molar-refractivity contribution in [1.29, 1.82) is 0 Å². The number of rotatable bonds is 6. The van der Waals surface area contributed by atoms with Gasteiger partial charge in [0.2, 0.25) is 6.35 Å². The van der Waals surface area contributed by atoms with E-state index in [2.05, 4.69) is 0 Å². The number of anilines is 2. The summed E-state index contributed by atoms with van der Waals surface area (Å²) in [6.07, 6.45) is -0.526. The second-order valence-corrected chi connectivity index (χ2v) is 5.77. The lowest BCUT2D eigenvalue weighted by Gasteiger charge is -2.30. The van der Waals surface area contributed by atoms with E-state index in [-0.39, 0.29) is 0 Å². The number of hydrogen-bond donors (Lipinski definition) is 3. The number of nitrogens with zero attached hydrogens (tertiary/aromatic N) is 2. The summed E-state index contributed by atoms with van der Waals surface area (Å²) in [4.78, 5) is 3.60. The Morgan fingerprint density at radius 2 is 1.52 bits per heavy atom. The van der Waals surface area contributed by atoms with E-state index in [0.29, 0.717) is 25.9 Å². The fourth-order valence-electron chi connectivity index (χ4n) is 2.62. The highest BCUT2D eigenvalue weighted by Crippen LogP contribution is 2.39. The van der Waals surface area contributed by atoms with Crippen LogP contribution in [0.15, 0.2) is 18.2 Å². The minimum atomic E-state index is -0.843. The van der Waals surface area contributed by atoms with Crippen molar-refractivity contribution in [2.24, 2.45) is 0 Å². The van der Waals surface area contributed by atoms with Crippen LogP contribution in [0.4, 0.5) is 11.4 Å². The lowest BCUT2D eigenvalue weighted by atomic mass is 10.1. The number of fused-ring (bicyclic) bond motifs is 1. The lowest BCUT2D eigenvalue weighted by Crippen LogP contribution is -2.48. The Morgan fingerprint density at radius 3 is 2.05 bits per heavy atom. The molecule has 0 aromatic heterocycles. The van der Waals surface area contributed by atoms with Crippen LogP contribution in [0, 0.1) is 6.92 Å². The minimum absolute atomic E-state index is 0.381. The molecule has 1 aromatic rings. The van der Waals surface area contributed by atoms with Gasteiger partial charge in [-0.05, 0) is 37.5 Å². The summed E-state index contributed by atoms with van der Waals surface area (Å²) in [6.45, 7) is 6.61. The molecule has 0 radical (unpaired) electrons. The van der Waals surface area contributed by atoms with E-state index in [9.17, 15) is 15.3 Å². The zero-order valence-corrected chi connectivity index (χ0v) is 13.0. The van der Waals surface area contributed by atoms with Gasteiger partial charge in [-0.3, -0.25) is 0 Å². The molecular formula is C16H26N2O3. The van der Waals surface area contributed by atoms with Crippen molar-refractivity contribution in [2.75, 3.05) is 22.9 Å². The van der Waals surface area contributed by atoms with Crippen LogP contribution in [-0.2, 0) is 0 Å². The number of hydrogen-bond acceptors (Lipinski definition) is 5. The third-order valence-corrected chi connectivity index (χ3v) is 4.06. The van der Waals surface area contributed by atoms with Gasteiger partial charge in [0.15, 0.2) is 0 Å². The van der Waals surface area contributed by atoms with Crippen molar-refractivity contribution >= 4 is 11.4 Å². The fourth-order valence-corrected chi connectivity index (χ4v) is 2.62. The van der Waals surface area contributed by atoms with Gasteiger partial charge in [0.05, 0.1) is 23.6 Å². The maximum absolute atomic E-state index is 10.6. The third kappa shape index (κ3) is 3.31. The zero-order valence-electron chi connectivity index (χ0n) is 13.0. The summed E-state index contributed by atoms with van der Waals surface area (Å²) in [5, 5.41) is 30.4. The highest BCUT2D eigenvalue weighted by atomic mass is 16.3. The van der Waals surface area contributed by atoms with Crippen LogP contribution in [0.1, 0.15) is 32.3 Å². The van der Waals surface area contributed by atoms with Gasteiger partial charge in [0.25, 0.3) is 0 Å². The Morgan fingerprint density at radius 1 is 1.00 bits per heavy atom. The summed E-state index contributed by atoms with van der Waals surface area (Å²) in [5.41, 5.74) is 2.93. The summed E-state index contributed by atoms with van der Waals surface area (Å²) < 4.78 is 0. The van der Waals surface area contributed by atoms with Gasteiger partial charge in [0, 0.05) is 13.1 Å². The second kappa shape index (κ2) is 6.64. The van der Waals surface area contributed by atoms with Gasteiger partial charge in [-0.2, -0.15) is 0 Å². The molecule has 118 valence electrons. The average Bonchev–Trinajstić information content (AvgIpc) is 2.72. The maximum Gasteiger partial charge on any atom is 0.208 e. The molecule has 1 aromatic carbocycles. The fraction of sp³-hybridized carbons (Fsp3) is 0.625. The largest absolute Gasteiger partial charge is 0.391 e. The first kappa shape index (κ1) is 16.1. The molecule has 0 spiro atoms. The van der Waals surface area contributed by atoms with E-state index in [4.69, 9.17) is 0 Å². The number of aliphatic hydroxyl groups excluding tert-OH is 3. The molecule has 5 heteroatoms. The van der Waals surface area contributed by atoms with Gasteiger partial charge in [-0.25, -0.2) is 0 Å². The van der Waals surface area contributed by atoms with Gasteiger partial charge in [0.1, 0.15) is 0 Å². The Kier molecular flexibility index (Phi) is 5.08. The lowest BCUT2D eigenvalue weighted by molar-refractivity contribution is 0.115. The summed E-state index contributed by atoms with van der Waals surface area (Å²) in [7, 11) is 0. The highest BCUT2D eigenvalue weighted by molar-refractivity contribution is 5.77. The molecule has 0 aliphatic carbocycles. The Bertz CT molecular complexity index is 481. The number of β-amino-alcohol motifs (C(OH)–C–C–N with tert-alkyl or cyclic N) is 2. The third-order valence-electron chi connectivity index (χ3n) is 4.06. The normalized spacial score (nSPS) is 20.6. The topological polar surface area (TPSA) is 67.2 Å². The molecule has 3 N–H and O–H groups in total. The van der Waals surface area contributed by atoms with Crippen LogP contribution in [0.5, 0.6) is 0 Å². The van der Waals surface area contributed by atoms with Crippen LogP contribution < -0.4 is 9.80 Å². The van der Waals surface area contributed by atoms with E-state index >= 15 is 0 Å². The predicted octanol–water partition coefficient (Wildman–Crippen LogP) is 1.44. The molecule has 0 saturated carbocycles. The minimum Gasteiger partial charge on any atom is -0.391 e. The second-order valence-electron chi connectivity index (χ2n) is 5.77. The van der Waals surface area contributed by atoms with Crippen LogP contribution in [0.3, 0.4) is 0 Å². The SMILES string of the molecule is CCC(O)CN1c2ccc(C)cc2N(CC(O)CC)C1O. The molecule has 1 aliphatic rings. The first-order valence-electron chi connectivity index (χ1n) is 7.66. The zero-order chi connectivity index (χ0) is 15.6. The number of aryl methyl sites for hydroxylation is 1. The van der Waals surface area contributed by atoms with Gasteiger partial charge < -0.3 is 25.1 Å². The maximum atomic E-state index is 10.6. The molecule has 3 unspecified atom stereocenters. The molecule has 1 heterocycles. The van der Waals surface area contributed by atoms with Crippen molar-refractivity contribution < 1.29 is 15.3 Å². The summed E-state index contributed by atoms with van der Waals surface area (Å²) in [6, 6.07) is 5.98. The van der Waals surface area contributed by atoms with Crippen LogP contribution in [0.25, 0.3) is 0 Å². The number of aliphatic hydroxyl groups is 3. The molecule has 0 saturated heterocycles. The molecule has 0 bridgehead atoms. The quantitative estimate of drug-likeness (QED) is 0.741. The molecule has 5 nitrogen and oxygen atoms in total. The molecule has 2 rings (SSSR count). The highest BCUT2D eigenvalue weighted by Gasteiger charge is 2.35. The summed E-state index contributed by atoms with van der Waals surface area (Å²) in [5.74, 6) is 0. The first-order chi connectivity index (χ1) is 9.97. The van der Waals surface area contributed by atoms with Crippen molar-refractivity contribution in [2.45, 2.75) is 52.2 Å². The molecule has 0 fully saturated rings. The van der Waals surface area contributed by atoms with E-state index in [0.717, 1.165) is 16.9 Å². The Hall–Kier alpha value is -1.30. The van der Waals surface area contributed by atoms with Crippen molar-refractivity contribution in [3.8, 4) is 0 Å². The molecular weight excluding hydrogens is 268 g/mol. The molecule has 0 amide bonds. The van der Waals surface area contributed by atoms with Crippen LogP contribution in [-0.4, -0.2) is 47.0 Å². The number of benzene rings is 1. The van der Waals surface area contributed by atoms with Crippen molar-refractivity contribution in [3.63, 3.8) is 0 Å². The van der Waals surface area contributed by atoms with Crippen molar-refractivity contribution in [1.82, 2.24) is 0 Å². The van der Waals surface area contributed by atoms with Gasteiger partial charge in [-0.1, -0.05) is 19.9 Å².